The average Bonchev–Trinajstić information content (AvgIpc) is 3.15. The molecule has 0 aliphatic carbocycles. The molecule has 2 N–H and O–H groups in total. The van der Waals surface area contributed by atoms with Crippen molar-refractivity contribution in [2.75, 3.05) is 31.6 Å². The number of hydrogen-bond donors (Lipinski definition) is 2. The summed E-state index contributed by atoms with van der Waals surface area (Å²) in [6, 6.07) is 7.69. The molecular formula is C21H21ClF3N3OS. The summed E-state index contributed by atoms with van der Waals surface area (Å²) >= 11 is 7.22. The van der Waals surface area contributed by atoms with Gasteiger partial charge in [-0.15, -0.1) is 11.3 Å². The summed E-state index contributed by atoms with van der Waals surface area (Å²) in [6.45, 7) is 1.12. The molecule has 0 unspecified atom stereocenters. The second-order valence-corrected chi connectivity index (χ2v) is 9.23. The minimum absolute atomic E-state index is 0.00800. The molecule has 0 atom stereocenters. The van der Waals surface area contributed by atoms with Gasteiger partial charge in [0, 0.05) is 42.5 Å². The first-order chi connectivity index (χ1) is 14.3. The Morgan fingerprint density at radius 1 is 1.30 bits per heavy atom. The summed E-state index contributed by atoms with van der Waals surface area (Å²) in [6.07, 6.45) is 3.98. The number of rotatable bonds is 5. The normalized spacial score (nSPS) is 20.7. The average molecular weight is 456 g/mol. The Bertz CT molecular complexity index is 970. The Kier molecular flexibility index (Phi) is 5.94. The molecule has 160 valence electrons. The van der Waals surface area contributed by atoms with Crippen LogP contribution in [0.2, 0.25) is 4.34 Å². The van der Waals surface area contributed by atoms with E-state index in [0.29, 0.717) is 52.9 Å². The third-order valence-electron chi connectivity index (χ3n) is 5.58. The van der Waals surface area contributed by atoms with Crippen LogP contribution in [-0.4, -0.2) is 37.4 Å². The lowest BCUT2D eigenvalue weighted by atomic mass is 9.84. The lowest BCUT2D eigenvalue weighted by Crippen LogP contribution is -2.49. The number of likely N-dealkylation sites (tertiary alicyclic amines) is 1. The molecule has 3 heterocycles. The Hall–Kier alpha value is -1.87. The highest BCUT2D eigenvalue weighted by molar-refractivity contribution is 7.16. The number of hydrogen-bond acceptors (Lipinski definition) is 5. The van der Waals surface area contributed by atoms with Gasteiger partial charge in [0.05, 0.1) is 10.0 Å². The molecule has 0 bridgehead atoms. The van der Waals surface area contributed by atoms with Crippen molar-refractivity contribution in [3.05, 3.63) is 62.7 Å². The van der Waals surface area contributed by atoms with Crippen molar-refractivity contribution in [2.45, 2.75) is 24.4 Å². The third kappa shape index (κ3) is 4.14. The number of ether oxygens (including phenoxy) is 1. The number of nitrogens with zero attached hydrogens (tertiary/aromatic N) is 1. The number of alkyl halides is 2. The maximum Gasteiger partial charge on any atom is 0.297 e. The summed E-state index contributed by atoms with van der Waals surface area (Å²) in [4.78, 5) is 2.67. The quantitative estimate of drug-likeness (QED) is 0.577. The van der Waals surface area contributed by atoms with Crippen LogP contribution in [0, 0.1) is 11.2 Å². The first-order valence-corrected chi connectivity index (χ1v) is 10.8. The van der Waals surface area contributed by atoms with Gasteiger partial charge in [0.1, 0.15) is 18.0 Å². The van der Waals surface area contributed by atoms with Crippen LogP contribution < -0.4 is 5.32 Å². The smallest absolute Gasteiger partial charge is 0.297 e. The molecule has 9 heteroatoms. The standard InChI is InChI=1S/C21H21ClF3N3OS/c22-18-9-15-19(30-18)20(29-13-21(15,24)25)5-7-28(8-6-20)12-14(10-26)11-27-17-4-2-1-3-16(17)23/h1-4,9-11,26-27H,5-8,12-13H2/b14-11+,26-10?. The van der Waals surface area contributed by atoms with E-state index >= 15 is 0 Å². The first-order valence-electron chi connectivity index (χ1n) is 9.58. The second-order valence-electron chi connectivity index (χ2n) is 7.54. The van der Waals surface area contributed by atoms with Crippen LogP contribution in [-0.2, 0) is 16.3 Å². The molecule has 2 aliphatic heterocycles. The van der Waals surface area contributed by atoms with E-state index in [4.69, 9.17) is 21.7 Å². The summed E-state index contributed by atoms with van der Waals surface area (Å²) in [5.74, 6) is -3.38. The van der Waals surface area contributed by atoms with E-state index in [0.717, 1.165) is 0 Å². The lowest BCUT2D eigenvalue weighted by molar-refractivity contribution is -0.181. The van der Waals surface area contributed by atoms with Gasteiger partial charge in [-0.05, 0) is 36.6 Å². The molecule has 2 aromatic rings. The molecule has 1 fully saturated rings. The van der Waals surface area contributed by atoms with Crippen molar-refractivity contribution in [1.29, 1.82) is 5.41 Å². The molecule has 1 spiro atoms. The fourth-order valence-corrected chi connectivity index (χ4v) is 5.41. The predicted molar refractivity (Wildman–Crippen MR) is 113 cm³/mol. The Labute approximate surface area is 181 Å². The molecule has 4 nitrogen and oxygen atoms in total. The number of nitrogens with one attached hydrogen (secondary N) is 2. The molecule has 1 saturated heterocycles. The number of benzene rings is 1. The largest absolute Gasteiger partial charge is 0.363 e. The second kappa shape index (κ2) is 8.34. The summed E-state index contributed by atoms with van der Waals surface area (Å²) in [5, 5.41) is 10.6. The van der Waals surface area contributed by atoms with Crippen LogP contribution in [0.4, 0.5) is 18.9 Å². The number of anilines is 1. The van der Waals surface area contributed by atoms with E-state index in [2.05, 4.69) is 10.2 Å². The summed E-state index contributed by atoms with van der Waals surface area (Å²) < 4.78 is 48.3. The highest BCUT2D eigenvalue weighted by Gasteiger charge is 2.51. The number of para-hydroxylation sites is 1. The highest BCUT2D eigenvalue weighted by Crippen LogP contribution is 2.52. The minimum atomic E-state index is -3.02. The van der Waals surface area contributed by atoms with Gasteiger partial charge in [0.15, 0.2) is 0 Å². The maximum absolute atomic E-state index is 14.2. The van der Waals surface area contributed by atoms with Gasteiger partial charge < -0.3 is 15.5 Å². The summed E-state index contributed by atoms with van der Waals surface area (Å²) in [5.41, 5.74) is 0.287. The zero-order chi connectivity index (χ0) is 21.4. The van der Waals surface area contributed by atoms with Crippen molar-refractivity contribution >= 4 is 34.8 Å². The van der Waals surface area contributed by atoms with Crippen molar-refractivity contribution in [3.8, 4) is 0 Å². The van der Waals surface area contributed by atoms with Crippen LogP contribution in [0.5, 0.6) is 0 Å². The van der Waals surface area contributed by atoms with E-state index in [9.17, 15) is 13.2 Å². The number of fused-ring (bicyclic) bond motifs is 2. The molecule has 2 aliphatic rings. The van der Waals surface area contributed by atoms with Gasteiger partial charge in [0.25, 0.3) is 5.92 Å². The molecular weight excluding hydrogens is 435 g/mol. The topological polar surface area (TPSA) is 48.4 Å². The SMILES string of the molecule is N=C/C(=C\Nc1ccccc1F)CN1CCC2(CC1)OCC(F)(F)c1cc(Cl)sc12. The first kappa shape index (κ1) is 21.4. The lowest BCUT2D eigenvalue weighted by Gasteiger charge is -2.45. The number of piperidine rings is 1. The van der Waals surface area contributed by atoms with Crippen molar-refractivity contribution < 1.29 is 17.9 Å². The Morgan fingerprint density at radius 2 is 2.03 bits per heavy atom. The van der Waals surface area contributed by atoms with E-state index in [-0.39, 0.29) is 11.4 Å². The van der Waals surface area contributed by atoms with Crippen LogP contribution in [0.1, 0.15) is 23.3 Å². The fraction of sp³-hybridized carbons (Fsp3) is 0.381. The molecule has 4 rings (SSSR count). The van der Waals surface area contributed by atoms with E-state index < -0.39 is 18.1 Å². The molecule has 30 heavy (non-hydrogen) atoms. The Balaban J connectivity index is 1.43. The van der Waals surface area contributed by atoms with Crippen LogP contribution in [0.15, 0.2) is 42.1 Å². The zero-order valence-electron chi connectivity index (χ0n) is 16.1. The predicted octanol–water partition coefficient (Wildman–Crippen LogP) is 5.60. The zero-order valence-corrected chi connectivity index (χ0v) is 17.6. The summed E-state index contributed by atoms with van der Waals surface area (Å²) in [7, 11) is 0. The Morgan fingerprint density at radius 3 is 2.73 bits per heavy atom. The molecule has 1 aromatic heterocycles. The van der Waals surface area contributed by atoms with Gasteiger partial charge in [-0.2, -0.15) is 8.78 Å². The molecule has 1 aromatic carbocycles. The monoisotopic (exact) mass is 455 g/mol. The number of halogens is 4. The van der Waals surface area contributed by atoms with E-state index in [1.54, 1.807) is 24.4 Å². The van der Waals surface area contributed by atoms with E-state index in [1.165, 1.54) is 29.7 Å². The highest BCUT2D eigenvalue weighted by atomic mass is 35.5. The van der Waals surface area contributed by atoms with Gasteiger partial charge in [-0.3, -0.25) is 4.90 Å². The van der Waals surface area contributed by atoms with Crippen LogP contribution in [0.25, 0.3) is 0 Å². The van der Waals surface area contributed by atoms with Gasteiger partial charge in [-0.25, -0.2) is 4.39 Å². The maximum atomic E-state index is 14.2. The van der Waals surface area contributed by atoms with Gasteiger partial charge >= 0.3 is 0 Å². The van der Waals surface area contributed by atoms with Crippen LogP contribution in [0.3, 0.4) is 0 Å². The fourth-order valence-electron chi connectivity index (χ4n) is 3.93. The number of thiophene rings is 1. The third-order valence-corrected chi connectivity index (χ3v) is 7.03. The molecule has 0 amide bonds. The van der Waals surface area contributed by atoms with Gasteiger partial charge in [-0.1, -0.05) is 23.7 Å². The minimum Gasteiger partial charge on any atom is -0.363 e. The van der Waals surface area contributed by atoms with Crippen molar-refractivity contribution in [2.24, 2.45) is 0 Å². The molecule has 0 saturated carbocycles. The molecule has 0 radical (unpaired) electrons. The van der Waals surface area contributed by atoms with Crippen molar-refractivity contribution in [1.82, 2.24) is 4.90 Å². The van der Waals surface area contributed by atoms with E-state index in [1.807, 2.05) is 0 Å². The van der Waals surface area contributed by atoms with Crippen molar-refractivity contribution in [3.63, 3.8) is 0 Å². The van der Waals surface area contributed by atoms with Crippen LogP contribution >= 0.6 is 22.9 Å². The van der Waals surface area contributed by atoms with Gasteiger partial charge in [0.2, 0.25) is 0 Å².